The van der Waals surface area contributed by atoms with E-state index in [0.29, 0.717) is 5.69 Å². The number of nitrogens with two attached hydrogens (primary N) is 1. The summed E-state index contributed by atoms with van der Waals surface area (Å²) in [4.78, 5) is 21.7. The van der Waals surface area contributed by atoms with Gasteiger partial charge < -0.3 is 11.1 Å². The highest BCUT2D eigenvalue weighted by molar-refractivity contribution is 6.03. The number of nitrogens with one attached hydrogen (secondary N) is 1. The van der Waals surface area contributed by atoms with Crippen molar-refractivity contribution >= 4 is 17.5 Å². The lowest BCUT2D eigenvalue weighted by Crippen LogP contribution is -2.21. The summed E-state index contributed by atoms with van der Waals surface area (Å²) >= 11 is 0. The van der Waals surface area contributed by atoms with Gasteiger partial charge in [-0.3, -0.25) is 9.59 Å². The minimum atomic E-state index is -0.626. The van der Waals surface area contributed by atoms with Crippen molar-refractivity contribution in [2.24, 2.45) is 5.73 Å². The Kier molecular flexibility index (Phi) is 3.85. The molecule has 0 aliphatic carbocycles. The van der Waals surface area contributed by atoms with Crippen molar-refractivity contribution < 1.29 is 9.59 Å². The molecule has 0 bridgehead atoms. The number of hydrogen-bond acceptors (Lipinski definition) is 2. The summed E-state index contributed by atoms with van der Waals surface area (Å²) in [5.74, 6) is -1.00. The number of amides is 2. The van der Waals surface area contributed by atoms with Crippen LogP contribution in [0.1, 0.15) is 18.9 Å². The van der Waals surface area contributed by atoms with Gasteiger partial charge in [-0.15, -0.1) is 0 Å². The van der Waals surface area contributed by atoms with Crippen molar-refractivity contribution in [2.75, 3.05) is 5.32 Å². The van der Waals surface area contributed by atoms with Crippen molar-refractivity contribution in [3.05, 3.63) is 29.8 Å². The van der Waals surface area contributed by atoms with Gasteiger partial charge in [-0.2, -0.15) is 0 Å². The van der Waals surface area contributed by atoms with Gasteiger partial charge >= 0.3 is 0 Å². The van der Waals surface area contributed by atoms with Gasteiger partial charge in [0.25, 0.3) is 0 Å². The normalized spacial score (nSPS) is 9.67. The van der Waals surface area contributed by atoms with Gasteiger partial charge in [-0.25, -0.2) is 0 Å². The number of primary amides is 1. The Bertz CT molecular complexity index is 375. The Labute approximate surface area is 88.5 Å². The summed E-state index contributed by atoms with van der Waals surface area (Å²) in [6.45, 7) is 2.03. The first-order valence-corrected chi connectivity index (χ1v) is 4.79. The predicted molar refractivity (Wildman–Crippen MR) is 58.3 cm³/mol. The monoisotopic (exact) mass is 206 g/mol. The second-order valence-corrected chi connectivity index (χ2v) is 3.25. The number of aryl methyl sites for hydroxylation is 1. The van der Waals surface area contributed by atoms with Crippen LogP contribution in [-0.2, 0) is 16.0 Å². The van der Waals surface area contributed by atoms with Crippen LogP contribution in [-0.4, -0.2) is 11.8 Å². The molecule has 1 rings (SSSR count). The summed E-state index contributed by atoms with van der Waals surface area (Å²) < 4.78 is 0. The SMILES string of the molecule is CCc1cccc(NC(=O)CC(N)=O)c1. The number of carbonyl (C=O) groups excluding carboxylic acids is 2. The fraction of sp³-hybridized carbons (Fsp3) is 0.273. The van der Waals surface area contributed by atoms with Crippen LogP contribution < -0.4 is 11.1 Å². The van der Waals surface area contributed by atoms with Crippen LogP contribution in [0.4, 0.5) is 5.69 Å². The highest BCUT2D eigenvalue weighted by atomic mass is 16.2. The average molecular weight is 206 g/mol. The highest BCUT2D eigenvalue weighted by Gasteiger charge is 2.05. The third-order valence-corrected chi connectivity index (χ3v) is 1.95. The van der Waals surface area contributed by atoms with Crippen LogP contribution >= 0.6 is 0 Å². The first kappa shape index (κ1) is 11.2. The van der Waals surface area contributed by atoms with E-state index in [2.05, 4.69) is 5.32 Å². The molecule has 3 N–H and O–H groups in total. The summed E-state index contributed by atoms with van der Waals surface area (Å²) in [5.41, 5.74) is 6.73. The Balaban J connectivity index is 2.63. The summed E-state index contributed by atoms with van der Waals surface area (Å²) in [6, 6.07) is 7.49. The molecule has 2 amide bonds. The standard InChI is InChI=1S/C11H14N2O2/c1-2-8-4-3-5-9(6-8)13-11(15)7-10(12)14/h3-6H,2,7H2,1H3,(H2,12,14)(H,13,15). The third-order valence-electron chi connectivity index (χ3n) is 1.95. The van der Waals surface area contributed by atoms with E-state index in [1.54, 1.807) is 6.07 Å². The fourth-order valence-corrected chi connectivity index (χ4v) is 1.23. The highest BCUT2D eigenvalue weighted by Crippen LogP contribution is 2.11. The van der Waals surface area contributed by atoms with E-state index in [1.165, 1.54) is 0 Å². The maximum absolute atomic E-state index is 11.2. The quantitative estimate of drug-likeness (QED) is 0.723. The van der Waals surface area contributed by atoms with Crippen LogP contribution in [0.2, 0.25) is 0 Å². The van der Waals surface area contributed by atoms with Gasteiger partial charge in [-0.1, -0.05) is 19.1 Å². The van der Waals surface area contributed by atoms with Crippen molar-refractivity contribution in [1.29, 1.82) is 0 Å². The van der Waals surface area contributed by atoms with Crippen LogP contribution in [0.25, 0.3) is 0 Å². The first-order valence-electron chi connectivity index (χ1n) is 4.79. The number of carbonyl (C=O) groups is 2. The minimum Gasteiger partial charge on any atom is -0.369 e. The van der Waals surface area contributed by atoms with Crippen molar-refractivity contribution in [3.8, 4) is 0 Å². The van der Waals surface area contributed by atoms with E-state index in [4.69, 9.17) is 5.73 Å². The molecule has 80 valence electrons. The van der Waals surface area contributed by atoms with Crippen molar-refractivity contribution in [2.45, 2.75) is 19.8 Å². The molecule has 0 saturated carbocycles. The van der Waals surface area contributed by atoms with Gasteiger partial charge in [0.15, 0.2) is 0 Å². The largest absolute Gasteiger partial charge is 0.369 e. The Morgan fingerprint density at radius 3 is 2.73 bits per heavy atom. The van der Waals surface area contributed by atoms with Crippen LogP contribution in [0, 0.1) is 0 Å². The van der Waals surface area contributed by atoms with Crippen LogP contribution in [0.3, 0.4) is 0 Å². The topological polar surface area (TPSA) is 72.2 Å². The maximum Gasteiger partial charge on any atom is 0.233 e. The Morgan fingerprint density at radius 2 is 2.13 bits per heavy atom. The summed E-state index contributed by atoms with van der Waals surface area (Å²) in [7, 11) is 0. The van der Waals surface area contributed by atoms with E-state index in [1.807, 2.05) is 25.1 Å². The number of rotatable bonds is 4. The molecule has 0 heterocycles. The molecule has 0 unspecified atom stereocenters. The molecule has 4 nitrogen and oxygen atoms in total. The fourth-order valence-electron chi connectivity index (χ4n) is 1.23. The second kappa shape index (κ2) is 5.14. The second-order valence-electron chi connectivity index (χ2n) is 3.25. The molecule has 4 heteroatoms. The maximum atomic E-state index is 11.2. The van der Waals surface area contributed by atoms with E-state index in [0.717, 1.165) is 12.0 Å². The van der Waals surface area contributed by atoms with Gasteiger partial charge in [-0.05, 0) is 24.1 Å². The molecular weight excluding hydrogens is 192 g/mol. The van der Waals surface area contributed by atoms with Crippen LogP contribution in [0.15, 0.2) is 24.3 Å². The predicted octanol–water partition coefficient (Wildman–Crippen LogP) is 1.06. The molecule has 0 spiro atoms. The van der Waals surface area contributed by atoms with Gasteiger partial charge in [0, 0.05) is 5.69 Å². The smallest absolute Gasteiger partial charge is 0.233 e. The van der Waals surface area contributed by atoms with Crippen molar-refractivity contribution in [1.82, 2.24) is 0 Å². The average Bonchev–Trinajstić information content (AvgIpc) is 2.16. The zero-order chi connectivity index (χ0) is 11.3. The molecule has 15 heavy (non-hydrogen) atoms. The zero-order valence-electron chi connectivity index (χ0n) is 8.62. The molecule has 0 aromatic heterocycles. The third kappa shape index (κ3) is 3.81. The van der Waals surface area contributed by atoms with Gasteiger partial charge in [0.2, 0.25) is 11.8 Å². The lowest BCUT2D eigenvalue weighted by molar-refractivity contribution is -0.124. The summed E-state index contributed by atoms with van der Waals surface area (Å²) in [6.07, 6.45) is 0.621. The Morgan fingerprint density at radius 1 is 1.40 bits per heavy atom. The molecule has 1 aromatic rings. The van der Waals surface area contributed by atoms with E-state index in [-0.39, 0.29) is 12.3 Å². The molecule has 1 aromatic carbocycles. The Hall–Kier alpha value is -1.84. The molecule has 0 aliphatic rings. The molecule has 0 fully saturated rings. The first-order chi connectivity index (χ1) is 7.11. The number of anilines is 1. The van der Waals surface area contributed by atoms with Gasteiger partial charge in [0.05, 0.1) is 0 Å². The summed E-state index contributed by atoms with van der Waals surface area (Å²) in [5, 5.41) is 2.61. The number of benzene rings is 1. The van der Waals surface area contributed by atoms with Crippen LogP contribution in [0.5, 0.6) is 0 Å². The molecular formula is C11H14N2O2. The number of hydrogen-bond donors (Lipinski definition) is 2. The van der Waals surface area contributed by atoms with E-state index in [9.17, 15) is 9.59 Å². The van der Waals surface area contributed by atoms with E-state index >= 15 is 0 Å². The minimum absolute atomic E-state index is 0.281. The lowest BCUT2D eigenvalue weighted by atomic mass is 10.1. The lowest BCUT2D eigenvalue weighted by Gasteiger charge is -2.05. The van der Waals surface area contributed by atoms with Gasteiger partial charge in [0.1, 0.15) is 6.42 Å². The molecule has 0 aliphatic heterocycles. The molecule has 0 saturated heterocycles. The van der Waals surface area contributed by atoms with Crippen molar-refractivity contribution in [3.63, 3.8) is 0 Å². The molecule has 0 radical (unpaired) electrons. The zero-order valence-corrected chi connectivity index (χ0v) is 8.62. The molecule has 0 atom stereocenters. The van der Waals surface area contributed by atoms with E-state index < -0.39 is 5.91 Å².